The SMILES string of the molecule is C[C@@H](N)c1ccc(N2CCCC3CCCC32)nc1. The van der Waals surface area contributed by atoms with Crippen LogP contribution in [-0.2, 0) is 0 Å². The summed E-state index contributed by atoms with van der Waals surface area (Å²) in [5, 5.41) is 0. The minimum Gasteiger partial charge on any atom is -0.353 e. The number of fused-ring (bicyclic) bond motifs is 1. The van der Waals surface area contributed by atoms with Crippen molar-refractivity contribution in [2.75, 3.05) is 11.4 Å². The van der Waals surface area contributed by atoms with Crippen molar-refractivity contribution in [2.24, 2.45) is 11.7 Å². The normalized spacial score (nSPS) is 29.1. The Hall–Kier alpha value is -1.09. The summed E-state index contributed by atoms with van der Waals surface area (Å²) in [5.41, 5.74) is 7.00. The Labute approximate surface area is 109 Å². The molecule has 3 nitrogen and oxygen atoms in total. The van der Waals surface area contributed by atoms with Gasteiger partial charge in [0.25, 0.3) is 0 Å². The predicted octanol–water partition coefficient (Wildman–Crippen LogP) is 2.87. The maximum Gasteiger partial charge on any atom is 0.128 e. The van der Waals surface area contributed by atoms with E-state index >= 15 is 0 Å². The smallest absolute Gasteiger partial charge is 0.128 e. The molecule has 3 heteroatoms. The maximum atomic E-state index is 5.87. The molecule has 1 aliphatic heterocycles. The standard InChI is InChI=1S/C15H23N3/c1-11(16)13-7-8-15(17-10-13)18-9-3-5-12-4-2-6-14(12)18/h7-8,10-12,14H,2-6,9,16H2,1H3/t11-,12?,14?/m1/s1. The van der Waals surface area contributed by atoms with Gasteiger partial charge >= 0.3 is 0 Å². The predicted molar refractivity (Wildman–Crippen MR) is 74.5 cm³/mol. The summed E-state index contributed by atoms with van der Waals surface area (Å²) < 4.78 is 0. The molecule has 0 radical (unpaired) electrons. The van der Waals surface area contributed by atoms with Crippen LogP contribution in [-0.4, -0.2) is 17.6 Å². The molecular weight excluding hydrogens is 222 g/mol. The Morgan fingerprint density at radius 3 is 2.83 bits per heavy atom. The lowest BCUT2D eigenvalue weighted by Gasteiger charge is -2.38. The first-order valence-electron chi connectivity index (χ1n) is 7.24. The van der Waals surface area contributed by atoms with Gasteiger partial charge in [-0.15, -0.1) is 0 Å². The van der Waals surface area contributed by atoms with Gasteiger partial charge in [0.05, 0.1) is 0 Å². The van der Waals surface area contributed by atoms with Crippen LogP contribution < -0.4 is 10.6 Å². The molecule has 1 saturated carbocycles. The van der Waals surface area contributed by atoms with Crippen molar-refractivity contribution < 1.29 is 0 Å². The zero-order valence-electron chi connectivity index (χ0n) is 11.2. The van der Waals surface area contributed by atoms with E-state index in [1.54, 1.807) is 0 Å². The molecule has 0 amide bonds. The molecule has 98 valence electrons. The first-order chi connectivity index (χ1) is 8.75. The monoisotopic (exact) mass is 245 g/mol. The van der Waals surface area contributed by atoms with Crippen molar-refractivity contribution in [1.29, 1.82) is 0 Å². The van der Waals surface area contributed by atoms with Crippen molar-refractivity contribution in [3.8, 4) is 0 Å². The largest absolute Gasteiger partial charge is 0.353 e. The summed E-state index contributed by atoms with van der Waals surface area (Å²) in [4.78, 5) is 7.16. The van der Waals surface area contributed by atoms with Crippen LogP contribution in [0.2, 0.25) is 0 Å². The molecule has 2 unspecified atom stereocenters. The zero-order chi connectivity index (χ0) is 12.5. The molecule has 0 bridgehead atoms. The Balaban J connectivity index is 1.80. The van der Waals surface area contributed by atoms with Crippen LogP contribution in [0.25, 0.3) is 0 Å². The van der Waals surface area contributed by atoms with Gasteiger partial charge in [0, 0.05) is 24.8 Å². The zero-order valence-corrected chi connectivity index (χ0v) is 11.2. The maximum absolute atomic E-state index is 5.87. The Bertz CT molecular complexity index is 399. The van der Waals surface area contributed by atoms with E-state index in [1.165, 1.54) is 38.6 Å². The van der Waals surface area contributed by atoms with E-state index in [9.17, 15) is 0 Å². The van der Waals surface area contributed by atoms with Crippen LogP contribution in [0.15, 0.2) is 18.3 Å². The van der Waals surface area contributed by atoms with E-state index in [0.29, 0.717) is 0 Å². The number of rotatable bonds is 2. The van der Waals surface area contributed by atoms with E-state index in [0.717, 1.165) is 23.3 Å². The topological polar surface area (TPSA) is 42.1 Å². The van der Waals surface area contributed by atoms with Gasteiger partial charge in [0.1, 0.15) is 5.82 Å². The van der Waals surface area contributed by atoms with E-state index in [1.807, 2.05) is 13.1 Å². The second-order valence-corrected chi connectivity index (χ2v) is 5.83. The number of piperidine rings is 1. The fourth-order valence-electron chi connectivity index (χ4n) is 3.58. The summed E-state index contributed by atoms with van der Waals surface area (Å²) in [7, 11) is 0. The van der Waals surface area contributed by atoms with E-state index in [4.69, 9.17) is 5.73 Å². The number of hydrogen-bond acceptors (Lipinski definition) is 3. The highest BCUT2D eigenvalue weighted by Gasteiger charge is 2.35. The van der Waals surface area contributed by atoms with Gasteiger partial charge in [-0.3, -0.25) is 0 Å². The van der Waals surface area contributed by atoms with Gasteiger partial charge in [-0.1, -0.05) is 12.5 Å². The molecular formula is C15H23N3. The van der Waals surface area contributed by atoms with Gasteiger partial charge in [0.15, 0.2) is 0 Å². The van der Waals surface area contributed by atoms with Crippen LogP contribution in [0, 0.1) is 5.92 Å². The molecule has 1 aromatic rings. The number of nitrogens with zero attached hydrogens (tertiary/aromatic N) is 2. The van der Waals surface area contributed by atoms with Crippen molar-refractivity contribution in [1.82, 2.24) is 4.98 Å². The summed E-state index contributed by atoms with van der Waals surface area (Å²) in [5.74, 6) is 2.06. The third kappa shape index (κ3) is 2.12. The molecule has 3 rings (SSSR count). The fourth-order valence-corrected chi connectivity index (χ4v) is 3.58. The van der Waals surface area contributed by atoms with Crippen LogP contribution in [0.3, 0.4) is 0 Å². The average molecular weight is 245 g/mol. The number of hydrogen-bond donors (Lipinski definition) is 1. The van der Waals surface area contributed by atoms with Crippen molar-refractivity contribution in [3.05, 3.63) is 23.9 Å². The van der Waals surface area contributed by atoms with Gasteiger partial charge in [0.2, 0.25) is 0 Å². The number of nitrogens with two attached hydrogens (primary N) is 1. The van der Waals surface area contributed by atoms with E-state index in [-0.39, 0.29) is 6.04 Å². The molecule has 3 atom stereocenters. The molecule has 2 aliphatic rings. The molecule has 1 aliphatic carbocycles. The lowest BCUT2D eigenvalue weighted by atomic mass is 9.92. The summed E-state index contributed by atoms with van der Waals surface area (Å²) >= 11 is 0. The van der Waals surface area contributed by atoms with E-state index in [2.05, 4.69) is 22.0 Å². The minimum atomic E-state index is 0.0761. The van der Waals surface area contributed by atoms with Gasteiger partial charge in [-0.2, -0.15) is 0 Å². The second kappa shape index (κ2) is 4.88. The Morgan fingerprint density at radius 2 is 2.11 bits per heavy atom. The lowest BCUT2D eigenvalue weighted by Crippen LogP contribution is -2.43. The molecule has 2 heterocycles. The molecule has 2 fully saturated rings. The third-order valence-corrected chi connectivity index (χ3v) is 4.58. The van der Waals surface area contributed by atoms with Crippen LogP contribution in [0.1, 0.15) is 50.6 Å². The number of aromatic nitrogens is 1. The fraction of sp³-hybridized carbons (Fsp3) is 0.667. The summed E-state index contributed by atoms with van der Waals surface area (Å²) in [6.45, 7) is 3.18. The highest BCUT2D eigenvalue weighted by molar-refractivity contribution is 5.42. The quantitative estimate of drug-likeness (QED) is 0.871. The third-order valence-electron chi connectivity index (χ3n) is 4.58. The highest BCUT2D eigenvalue weighted by atomic mass is 15.2. The summed E-state index contributed by atoms with van der Waals surface area (Å²) in [6, 6.07) is 5.10. The van der Waals surface area contributed by atoms with Crippen LogP contribution in [0.4, 0.5) is 5.82 Å². The summed E-state index contributed by atoms with van der Waals surface area (Å²) in [6.07, 6.45) is 8.83. The molecule has 1 saturated heterocycles. The number of pyridine rings is 1. The van der Waals surface area contributed by atoms with Crippen LogP contribution in [0.5, 0.6) is 0 Å². The van der Waals surface area contributed by atoms with Gasteiger partial charge < -0.3 is 10.6 Å². The van der Waals surface area contributed by atoms with Crippen LogP contribution >= 0.6 is 0 Å². The first kappa shape index (κ1) is 12.0. The van der Waals surface area contributed by atoms with E-state index < -0.39 is 0 Å². The Kier molecular flexibility index (Phi) is 3.25. The second-order valence-electron chi connectivity index (χ2n) is 5.83. The lowest BCUT2D eigenvalue weighted by molar-refractivity contribution is 0.360. The average Bonchev–Trinajstić information content (AvgIpc) is 2.87. The molecule has 0 aromatic carbocycles. The minimum absolute atomic E-state index is 0.0761. The molecule has 18 heavy (non-hydrogen) atoms. The van der Waals surface area contributed by atoms with Gasteiger partial charge in [-0.25, -0.2) is 4.98 Å². The highest BCUT2D eigenvalue weighted by Crippen LogP contribution is 2.38. The van der Waals surface area contributed by atoms with Gasteiger partial charge in [-0.05, 0) is 50.2 Å². The van der Waals surface area contributed by atoms with Crippen molar-refractivity contribution in [3.63, 3.8) is 0 Å². The number of anilines is 1. The van der Waals surface area contributed by atoms with Crippen molar-refractivity contribution in [2.45, 2.75) is 51.1 Å². The first-order valence-corrected chi connectivity index (χ1v) is 7.24. The Morgan fingerprint density at radius 1 is 1.28 bits per heavy atom. The molecule has 1 aromatic heterocycles. The van der Waals surface area contributed by atoms with Crippen molar-refractivity contribution >= 4 is 5.82 Å². The molecule has 0 spiro atoms. The molecule has 2 N–H and O–H groups in total.